The van der Waals surface area contributed by atoms with Gasteiger partial charge in [-0.3, -0.25) is 4.79 Å². The Bertz CT molecular complexity index is 1070. The van der Waals surface area contributed by atoms with Crippen LogP contribution >= 0.6 is 0 Å². The summed E-state index contributed by atoms with van der Waals surface area (Å²) in [6.45, 7) is 4.05. The molecule has 1 fully saturated rings. The monoisotopic (exact) mass is 406 g/mol. The highest BCUT2D eigenvalue weighted by Gasteiger charge is 2.32. The highest BCUT2D eigenvalue weighted by atomic mass is 16.5. The molecule has 0 spiro atoms. The maximum atomic E-state index is 12.7. The van der Waals surface area contributed by atoms with E-state index in [1.54, 1.807) is 36.4 Å². The van der Waals surface area contributed by atoms with E-state index in [2.05, 4.69) is 21.5 Å². The summed E-state index contributed by atoms with van der Waals surface area (Å²) in [5, 5.41) is 16.1. The molecule has 8 nitrogen and oxygen atoms in total. The van der Waals surface area contributed by atoms with Gasteiger partial charge in [0.2, 0.25) is 5.89 Å². The maximum Gasteiger partial charge on any atom is 0.287 e. The second kappa shape index (κ2) is 8.41. The maximum absolute atomic E-state index is 12.7. The zero-order valence-corrected chi connectivity index (χ0v) is 16.8. The molecule has 8 heteroatoms. The van der Waals surface area contributed by atoms with Gasteiger partial charge in [-0.05, 0) is 43.0 Å². The normalized spacial score (nSPS) is 14.3. The van der Waals surface area contributed by atoms with Gasteiger partial charge in [0.05, 0.1) is 5.56 Å². The molecule has 1 aromatic carbocycles. The molecule has 2 aromatic heterocycles. The number of hydrogen-bond acceptors (Lipinski definition) is 7. The number of para-hydroxylation sites is 1. The number of aromatic nitrogens is 2. The number of rotatable bonds is 8. The highest BCUT2D eigenvalue weighted by molar-refractivity contribution is 5.91. The second-order valence-corrected chi connectivity index (χ2v) is 7.62. The smallest absolute Gasteiger partial charge is 0.287 e. The molecular weight excluding hydrogens is 384 g/mol. The van der Waals surface area contributed by atoms with Gasteiger partial charge in [0.25, 0.3) is 5.91 Å². The quantitative estimate of drug-likeness (QED) is 0.598. The van der Waals surface area contributed by atoms with E-state index in [1.807, 2.05) is 13.8 Å². The average molecular weight is 406 g/mol. The summed E-state index contributed by atoms with van der Waals surface area (Å²) in [4.78, 5) is 17.2. The summed E-state index contributed by atoms with van der Waals surface area (Å²) >= 11 is 0. The van der Waals surface area contributed by atoms with Crippen molar-refractivity contribution >= 4 is 5.91 Å². The minimum atomic E-state index is -0.412. The van der Waals surface area contributed by atoms with E-state index in [4.69, 9.17) is 18.9 Å². The summed E-state index contributed by atoms with van der Waals surface area (Å²) in [6.07, 6.45) is 2.15. The van der Waals surface area contributed by atoms with Crippen molar-refractivity contribution < 1.29 is 18.5 Å². The molecule has 1 unspecified atom stereocenters. The fourth-order valence-corrected chi connectivity index (χ4v) is 3.02. The summed E-state index contributed by atoms with van der Waals surface area (Å²) < 4.78 is 16.7. The lowest BCUT2D eigenvalue weighted by molar-refractivity contribution is 0.0881. The molecule has 3 aromatic rings. The molecule has 0 radical (unpaired) electrons. The first-order valence-electron chi connectivity index (χ1n) is 9.90. The predicted molar refractivity (Wildman–Crippen MR) is 106 cm³/mol. The van der Waals surface area contributed by atoms with Gasteiger partial charge in [-0.1, -0.05) is 31.1 Å². The van der Waals surface area contributed by atoms with Crippen molar-refractivity contribution in [1.82, 2.24) is 15.5 Å². The van der Waals surface area contributed by atoms with Crippen LogP contribution in [0.2, 0.25) is 0 Å². The number of nitriles is 1. The fraction of sp³-hybridized carbons (Fsp3) is 0.364. The van der Waals surface area contributed by atoms with E-state index in [9.17, 15) is 4.79 Å². The van der Waals surface area contributed by atoms with Crippen molar-refractivity contribution in [3.8, 4) is 11.8 Å². The Morgan fingerprint density at radius 1 is 1.30 bits per heavy atom. The number of hydrogen-bond donors (Lipinski definition) is 1. The molecule has 0 saturated heterocycles. The zero-order valence-electron chi connectivity index (χ0n) is 16.8. The molecule has 1 atom stereocenters. The Balaban J connectivity index is 1.40. The first-order valence-corrected chi connectivity index (χ1v) is 9.90. The van der Waals surface area contributed by atoms with Crippen LogP contribution in [0.25, 0.3) is 0 Å². The molecule has 154 valence electrons. The van der Waals surface area contributed by atoms with Crippen LogP contribution < -0.4 is 10.1 Å². The van der Waals surface area contributed by atoms with Crippen LogP contribution in [0.5, 0.6) is 5.75 Å². The topological polar surface area (TPSA) is 114 Å². The summed E-state index contributed by atoms with van der Waals surface area (Å²) in [5.41, 5.74) is 0.437. The lowest BCUT2D eigenvalue weighted by atomic mass is 10.0. The number of carbonyl (C=O) groups excluding carboxylic acids is 1. The van der Waals surface area contributed by atoms with Crippen molar-refractivity contribution in [1.29, 1.82) is 5.26 Å². The SMILES string of the molecule is CC(C)C(NC(=O)c1ccc(COc2ccccc2C#N)o1)c1nc(C2CC2)no1. The molecule has 1 N–H and O–H groups in total. The third kappa shape index (κ3) is 4.35. The van der Waals surface area contributed by atoms with Crippen LogP contribution in [0, 0.1) is 17.2 Å². The molecule has 1 aliphatic carbocycles. The van der Waals surface area contributed by atoms with Gasteiger partial charge >= 0.3 is 0 Å². The third-order valence-corrected chi connectivity index (χ3v) is 4.88. The molecule has 2 heterocycles. The van der Waals surface area contributed by atoms with Gasteiger partial charge in [0.15, 0.2) is 11.6 Å². The molecule has 1 amide bonds. The van der Waals surface area contributed by atoms with Gasteiger partial charge in [-0.15, -0.1) is 0 Å². The van der Waals surface area contributed by atoms with Crippen molar-refractivity contribution in [3.63, 3.8) is 0 Å². The Morgan fingerprint density at radius 2 is 2.10 bits per heavy atom. The van der Waals surface area contributed by atoms with E-state index < -0.39 is 6.04 Å². The fourth-order valence-electron chi connectivity index (χ4n) is 3.02. The largest absolute Gasteiger partial charge is 0.484 e. The summed E-state index contributed by atoms with van der Waals surface area (Å²) in [7, 11) is 0. The Labute approximate surface area is 173 Å². The molecular formula is C22H22N4O4. The van der Waals surface area contributed by atoms with Crippen LogP contribution in [0.3, 0.4) is 0 Å². The average Bonchev–Trinajstić information content (AvgIpc) is 3.29. The van der Waals surface area contributed by atoms with Crippen molar-refractivity contribution in [3.05, 3.63) is 65.2 Å². The van der Waals surface area contributed by atoms with Gasteiger partial charge in [0.1, 0.15) is 30.2 Å². The van der Waals surface area contributed by atoms with Gasteiger partial charge < -0.3 is 19.0 Å². The number of ether oxygens (including phenoxy) is 1. The van der Waals surface area contributed by atoms with E-state index in [-0.39, 0.29) is 24.2 Å². The number of amides is 1. The molecule has 1 saturated carbocycles. The van der Waals surface area contributed by atoms with Crippen LogP contribution in [-0.2, 0) is 6.61 Å². The molecule has 1 aliphatic rings. The Hall–Kier alpha value is -3.60. The second-order valence-electron chi connectivity index (χ2n) is 7.62. The number of nitrogens with one attached hydrogen (secondary N) is 1. The van der Waals surface area contributed by atoms with Crippen LogP contribution in [0.1, 0.15) is 72.2 Å². The first-order chi connectivity index (χ1) is 14.5. The standard InChI is InChI=1S/C22H22N4O4/c1-13(2)19(22-25-20(26-30-22)14-7-8-14)24-21(27)18-10-9-16(29-18)12-28-17-6-4-3-5-15(17)11-23/h3-6,9-10,13-14,19H,7-8,12H2,1-2H3,(H,24,27). The number of benzene rings is 1. The zero-order chi connectivity index (χ0) is 21.1. The number of carbonyl (C=O) groups is 1. The lowest BCUT2D eigenvalue weighted by Gasteiger charge is -2.17. The van der Waals surface area contributed by atoms with E-state index >= 15 is 0 Å². The summed E-state index contributed by atoms with van der Waals surface area (Å²) in [5.74, 6) is 2.28. The van der Waals surface area contributed by atoms with Crippen LogP contribution in [0.15, 0.2) is 45.3 Å². The van der Waals surface area contributed by atoms with Crippen molar-refractivity contribution in [2.75, 3.05) is 0 Å². The third-order valence-electron chi connectivity index (χ3n) is 4.88. The Kier molecular flexibility index (Phi) is 5.53. The van der Waals surface area contributed by atoms with E-state index in [0.717, 1.165) is 12.8 Å². The first kappa shape index (κ1) is 19.7. The van der Waals surface area contributed by atoms with E-state index in [0.29, 0.717) is 34.7 Å². The molecule has 4 rings (SSSR count). The number of furan rings is 1. The van der Waals surface area contributed by atoms with Crippen molar-refractivity contribution in [2.45, 2.75) is 45.3 Å². The minimum Gasteiger partial charge on any atom is -0.484 e. The van der Waals surface area contributed by atoms with Crippen LogP contribution in [-0.4, -0.2) is 16.0 Å². The van der Waals surface area contributed by atoms with Crippen molar-refractivity contribution in [2.24, 2.45) is 5.92 Å². The van der Waals surface area contributed by atoms with Gasteiger partial charge in [0, 0.05) is 5.92 Å². The van der Waals surface area contributed by atoms with Gasteiger partial charge in [-0.25, -0.2) is 0 Å². The van der Waals surface area contributed by atoms with Crippen LogP contribution in [0.4, 0.5) is 0 Å². The van der Waals surface area contributed by atoms with E-state index in [1.165, 1.54) is 0 Å². The molecule has 0 bridgehead atoms. The predicted octanol–water partition coefficient (Wildman–Crippen LogP) is 4.12. The highest BCUT2D eigenvalue weighted by Crippen LogP contribution is 2.38. The Morgan fingerprint density at radius 3 is 2.83 bits per heavy atom. The minimum absolute atomic E-state index is 0.0571. The molecule has 0 aliphatic heterocycles. The van der Waals surface area contributed by atoms with Gasteiger partial charge in [-0.2, -0.15) is 10.2 Å². The number of nitrogens with zero attached hydrogens (tertiary/aromatic N) is 3. The summed E-state index contributed by atoms with van der Waals surface area (Å²) in [6, 6.07) is 11.9. The lowest BCUT2D eigenvalue weighted by Crippen LogP contribution is -2.31. The molecule has 30 heavy (non-hydrogen) atoms.